The van der Waals surface area contributed by atoms with Gasteiger partial charge in [0.15, 0.2) is 5.82 Å². The lowest BCUT2D eigenvalue weighted by Crippen LogP contribution is -2.43. The van der Waals surface area contributed by atoms with Crippen molar-refractivity contribution in [3.63, 3.8) is 0 Å². The van der Waals surface area contributed by atoms with Crippen molar-refractivity contribution in [2.24, 2.45) is 0 Å². The average molecular weight is 288 g/mol. The number of halogens is 2. The number of rotatable bonds is 2. The highest BCUT2D eigenvalue weighted by Gasteiger charge is 2.52. The Hall–Kier alpha value is -1.60. The van der Waals surface area contributed by atoms with Gasteiger partial charge in [0, 0.05) is 12.8 Å². The fourth-order valence-corrected chi connectivity index (χ4v) is 2.27. The Morgan fingerprint density at radius 2 is 1.80 bits per heavy atom. The van der Waals surface area contributed by atoms with Gasteiger partial charge in [0.2, 0.25) is 5.92 Å². The highest BCUT2D eigenvalue weighted by Crippen LogP contribution is 2.44. The number of carboxylic acids is 1. The van der Waals surface area contributed by atoms with Gasteiger partial charge < -0.3 is 5.11 Å². The molecule has 1 aromatic heterocycles. The second kappa shape index (κ2) is 4.46. The van der Waals surface area contributed by atoms with Crippen LogP contribution >= 0.6 is 0 Å². The van der Waals surface area contributed by atoms with Crippen molar-refractivity contribution in [1.82, 2.24) is 20.2 Å². The number of tetrazole rings is 1. The van der Waals surface area contributed by atoms with Crippen LogP contribution in [0.3, 0.4) is 0 Å². The molecule has 2 rings (SSSR count). The molecular formula is C12H18F2N4O2. The summed E-state index contributed by atoms with van der Waals surface area (Å²) in [6.45, 7) is 5.54. The molecular weight excluding hydrogens is 270 g/mol. The van der Waals surface area contributed by atoms with Crippen LogP contribution in [0.25, 0.3) is 0 Å². The van der Waals surface area contributed by atoms with Gasteiger partial charge >= 0.3 is 5.97 Å². The maximum absolute atomic E-state index is 13.3. The third-order valence-corrected chi connectivity index (χ3v) is 3.69. The molecule has 0 aliphatic heterocycles. The zero-order chi connectivity index (χ0) is 15.2. The molecule has 112 valence electrons. The minimum atomic E-state index is -2.81. The number of aromatic nitrogens is 4. The average Bonchev–Trinajstić information content (AvgIpc) is 2.78. The van der Waals surface area contributed by atoms with Crippen molar-refractivity contribution < 1.29 is 18.7 Å². The molecule has 8 heteroatoms. The first-order valence-corrected chi connectivity index (χ1v) is 6.49. The van der Waals surface area contributed by atoms with E-state index in [4.69, 9.17) is 0 Å². The predicted molar refractivity (Wildman–Crippen MR) is 65.5 cm³/mol. The molecule has 1 aromatic rings. The Balaban J connectivity index is 2.35. The number of hydrogen-bond acceptors (Lipinski definition) is 4. The molecule has 1 N–H and O–H groups in total. The molecule has 1 aliphatic rings. The first kappa shape index (κ1) is 14.8. The van der Waals surface area contributed by atoms with Gasteiger partial charge in [0.1, 0.15) is 5.41 Å². The van der Waals surface area contributed by atoms with Crippen LogP contribution in [0.4, 0.5) is 8.78 Å². The minimum Gasteiger partial charge on any atom is -0.480 e. The molecule has 0 amide bonds. The monoisotopic (exact) mass is 288 g/mol. The fourth-order valence-electron chi connectivity index (χ4n) is 2.27. The third kappa shape index (κ3) is 2.51. The van der Waals surface area contributed by atoms with E-state index < -0.39 is 35.7 Å². The number of hydrogen-bond donors (Lipinski definition) is 1. The normalized spacial score (nSPS) is 21.6. The molecule has 1 fully saturated rings. The first-order valence-electron chi connectivity index (χ1n) is 6.49. The number of alkyl halides is 2. The maximum Gasteiger partial charge on any atom is 0.317 e. The minimum absolute atomic E-state index is 0.0235. The van der Waals surface area contributed by atoms with Crippen molar-refractivity contribution in [1.29, 1.82) is 0 Å². The molecule has 0 radical (unpaired) electrons. The van der Waals surface area contributed by atoms with Crippen LogP contribution in [0.5, 0.6) is 0 Å². The van der Waals surface area contributed by atoms with Crippen molar-refractivity contribution in [2.75, 3.05) is 0 Å². The van der Waals surface area contributed by atoms with Gasteiger partial charge in [-0.15, -0.1) is 10.2 Å². The molecule has 0 spiro atoms. The summed E-state index contributed by atoms with van der Waals surface area (Å²) < 4.78 is 26.5. The Morgan fingerprint density at radius 1 is 1.25 bits per heavy atom. The lowest BCUT2D eigenvalue weighted by molar-refractivity contribution is -0.149. The van der Waals surface area contributed by atoms with E-state index in [-0.39, 0.29) is 18.7 Å². The summed E-state index contributed by atoms with van der Waals surface area (Å²) >= 11 is 0. The summed E-state index contributed by atoms with van der Waals surface area (Å²) in [5.41, 5.74) is -1.89. The molecule has 1 saturated carbocycles. The predicted octanol–water partition coefficient (Wildman–Crippen LogP) is 1.96. The van der Waals surface area contributed by atoms with Crippen molar-refractivity contribution in [3.05, 3.63) is 5.82 Å². The highest BCUT2D eigenvalue weighted by molar-refractivity contribution is 5.80. The summed E-state index contributed by atoms with van der Waals surface area (Å²) in [6, 6.07) is 0. The molecule has 0 bridgehead atoms. The Morgan fingerprint density at radius 3 is 2.20 bits per heavy atom. The zero-order valence-corrected chi connectivity index (χ0v) is 11.7. The van der Waals surface area contributed by atoms with Gasteiger partial charge in [-0.25, -0.2) is 8.78 Å². The van der Waals surface area contributed by atoms with Gasteiger partial charge in [-0.1, -0.05) is 0 Å². The summed E-state index contributed by atoms with van der Waals surface area (Å²) in [5.74, 6) is -3.95. The topological polar surface area (TPSA) is 80.9 Å². The quantitative estimate of drug-likeness (QED) is 0.899. The summed E-state index contributed by atoms with van der Waals surface area (Å²) in [6.07, 6.45) is -1.29. The zero-order valence-electron chi connectivity index (χ0n) is 11.7. The third-order valence-electron chi connectivity index (χ3n) is 3.69. The van der Waals surface area contributed by atoms with E-state index in [1.165, 1.54) is 4.80 Å². The van der Waals surface area contributed by atoms with Crippen molar-refractivity contribution in [2.45, 2.75) is 63.3 Å². The van der Waals surface area contributed by atoms with Gasteiger partial charge in [-0.2, -0.15) is 4.80 Å². The maximum atomic E-state index is 13.3. The molecule has 1 aliphatic carbocycles. The van der Waals surface area contributed by atoms with Gasteiger partial charge in [0.05, 0.1) is 5.54 Å². The molecule has 0 saturated heterocycles. The van der Waals surface area contributed by atoms with Crippen LogP contribution in [-0.4, -0.2) is 37.2 Å². The van der Waals surface area contributed by atoms with E-state index >= 15 is 0 Å². The SMILES string of the molecule is CC(C)(C)n1nnc(C2(C(=O)O)CCC(F)(F)CC2)n1. The van der Waals surface area contributed by atoms with Crippen LogP contribution in [0.2, 0.25) is 0 Å². The van der Waals surface area contributed by atoms with Gasteiger partial charge in [0.25, 0.3) is 0 Å². The molecule has 20 heavy (non-hydrogen) atoms. The smallest absolute Gasteiger partial charge is 0.317 e. The molecule has 0 aromatic carbocycles. The van der Waals surface area contributed by atoms with Crippen LogP contribution in [0.15, 0.2) is 0 Å². The fraction of sp³-hybridized carbons (Fsp3) is 0.833. The number of carbonyl (C=O) groups is 1. The number of nitrogens with zero attached hydrogens (tertiary/aromatic N) is 4. The summed E-state index contributed by atoms with van der Waals surface area (Å²) in [4.78, 5) is 12.9. The molecule has 6 nitrogen and oxygen atoms in total. The Labute approximate surface area is 115 Å². The van der Waals surface area contributed by atoms with E-state index in [1.54, 1.807) is 0 Å². The van der Waals surface area contributed by atoms with Crippen molar-refractivity contribution in [3.8, 4) is 0 Å². The summed E-state index contributed by atoms with van der Waals surface area (Å²) in [5, 5.41) is 21.2. The van der Waals surface area contributed by atoms with Crippen LogP contribution in [0.1, 0.15) is 52.3 Å². The van der Waals surface area contributed by atoms with Crippen LogP contribution in [0, 0.1) is 0 Å². The van der Waals surface area contributed by atoms with E-state index in [9.17, 15) is 18.7 Å². The molecule has 0 atom stereocenters. The largest absolute Gasteiger partial charge is 0.480 e. The van der Waals surface area contributed by atoms with Crippen LogP contribution in [-0.2, 0) is 15.7 Å². The second-order valence-electron chi connectivity index (χ2n) is 6.32. The second-order valence-corrected chi connectivity index (χ2v) is 6.32. The lowest BCUT2D eigenvalue weighted by atomic mass is 9.72. The van der Waals surface area contributed by atoms with E-state index in [1.807, 2.05) is 20.8 Å². The van der Waals surface area contributed by atoms with Crippen molar-refractivity contribution >= 4 is 5.97 Å². The number of aliphatic carboxylic acids is 1. The van der Waals surface area contributed by atoms with Gasteiger partial charge in [-0.3, -0.25) is 4.79 Å². The van der Waals surface area contributed by atoms with Crippen LogP contribution < -0.4 is 0 Å². The van der Waals surface area contributed by atoms with E-state index in [0.29, 0.717) is 0 Å². The van der Waals surface area contributed by atoms with Gasteiger partial charge in [-0.05, 0) is 38.8 Å². The Kier molecular flexibility index (Phi) is 3.30. The summed E-state index contributed by atoms with van der Waals surface area (Å²) in [7, 11) is 0. The lowest BCUT2D eigenvalue weighted by Gasteiger charge is -2.34. The van der Waals surface area contributed by atoms with E-state index in [2.05, 4.69) is 15.4 Å². The molecule has 0 unspecified atom stereocenters. The highest BCUT2D eigenvalue weighted by atomic mass is 19.3. The molecule has 1 heterocycles. The number of carboxylic acid groups (broad SMARTS) is 1. The first-order chi connectivity index (χ1) is 9.07. The van der Waals surface area contributed by atoms with E-state index in [0.717, 1.165) is 0 Å². The standard InChI is InChI=1S/C12H18F2N4O2/c1-10(2,3)18-16-8(15-17-18)11(9(19)20)4-6-12(13,14)7-5-11/h4-7H2,1-3H3,(H,19,20). The Bertz CT molecular complexity index is 512.